The zero-order valence-corrected chi connectivity index (χ0v) is 9.95. The lowest BCUT2D eigenvalue weighted by Crippen LogP contribution is -2.35. The number of hydrogen-bond acceptors (Lipinski definition) is 3. The van der Waals surface area contributed by atoms with E-state index in [2.05, 4.69) is 10.5 Å². The SMILES string of the molecule is NC(=O)C(=O)N/N=C1/CC[C@H]2CCCC[C@@H]2C1. The van der Waals surface area contributed by atoms with Crippen LogP contribution in [0.2, 0.25) is 0 Å². The van der Waals surface area contributed by atoms with Gasteiger partial charge in [0.05, 0.1) is 0 Å². The fourth-order valence-corrected chi connectivity index (χ4v) is 2.98. The summed E-state index contributed by atoms with van der Waals surface area (Å²) in [5.74, 6) is -0.250. The van der Waals surface area contributed by atoms with E-state index in [1.807, 2.05) is 0 Å². The molecule has 0 spiro atoms. The second-order valence-electron chi connectivity index (χ2n) is 5.03. The van der Waals surface area contributed by atoms with Crippen molar-refractivity contribution in [2.75, 3.05) is 0 Å². The first-order valence-corrected chi connectivity index (χ1v) is 6.32. The van der Waals surface area contributed by atoms with Crippen molar-refractivity contribution in [2.45, 2.75) is 44.9 Å². The molecule has 3 N–H and O–H groups in total. The molecule has 0 heterocycles. The number of hydrazone groups is 1. The molecule has 2 fully saturated rings. The molecule has 0 radical (unpaired) electrons. The predicted octanol–water partition coefficient (Wildman–Crippen LogP) is 0.934. The fourth-order valence-electron chi connectivity index (χ4n) is 2.98. The number of carbonyl (C=O) groups is 2. The molecular weight excluding hydrogens is 218 g/mol. The van der Waals surface area contributed by atoms with Crippen LogP contribution in [0.1, 0.15) is 44.9 Å². The number of primary amides is 1. The van der Waals surface area contributed by atoms with E-state index in [1.54, 1.807) is 0 Å². The van der Waals surface area contributed by atoms with Gasteiger partial charge in [0.2, 0.25) is 0 Å². The molecule has 2 rings (SSSR count). The Balaban J connectivity index is 1.88. The van der Waals surface area contributed by atoms with Gasteiger partial charge in [0, 0.05) is 5.71 Å². The highest BCUT2D eigenvalue weighted by Crippen LogP contribution is 2.39. The Kier molecular flexibility index (Phi) is 3.76. The topological polar surface area (TPSA) is 84.5 Å². The second-order valence-corrected chi connectivity index (χ2v) is 5.03. The minimum Gasteiger partial charge on any atom is -0.361 e. The Labute approximate surface area is 101 Å². The van der Waals surface area contributed by atoms with Crippen molar-refractivity contribution < 1.29 is 9.59 Å². The van der Waals surface area contributed by atoms with Gasteiger partial charge in [-0.15, -0.1) is 0 Å². The van der Waals surface area contributed by atoms with Crippen molar-refractivity contribution in [3.8, 4) is 0 Å². The number of rotatable bonds is 1. The molecule has 17 heavy (non-hydrogen) atoms. The highest BCUT2D eigenvalue weighted by Gasteiger charge is 2.30. The molecule has 0 unspecified atom stereocenters. The smallest absolute Gasteiger partial charge is 0.329 e. The summed E-state index contributed by atoms with van der Waals surface area (Å²) in [7, 11) is 0. The molecule has 0 aromatic carbocycles. The molecule has 94 valence electrons. The summed E-state index contributed by atoms with van der Waals surface area (Å²) in [4.78, 5) is 21.5. The molecule has 0 bridgehead atoms. The third-order valence-corrected chi connectivity index (χ3v) is 3.91. The Morgan fingerprint density at radius 1 is 1.18 bits per heavy atom. The number of nitrogens with zero attached hydrogens (tertiary/aromatic N) is 1. The maximum Gasteiger partial charge on any atom is 0.329 e. The molecule has 0 aromatic heterocycles. The highest BCUT2D eigenvalue weighted by atomic mass is 16.2. The van der Waals surface area contributed by atoms with Gasteiger partial charge in [-0.05, 0) is 37.5 Å². The van der Waals surface area contributed by atoms with Crippen molar-refractivity contribution in [3.63, 3.8) is 0 Å². The molecule has 2 saturated carbocycles. The zero-order valence-electron chi connectivity index (χ0n) is 9.95. The average Bonchev–Trinajstić information content (AvgIpc) is 2.35. The van der Waals surface area contributed by atoms with Crippen LogP contribution < -0.4 is 11.2 Å². The Morgan fingerprint density at radius 3 is 2.59 bits per heavy atom. The number of nitrogens with two attached hydrogens (primary N) is 1. The molecule has 2 aliphatic rings. The third-order valence-electron chi connectivity index (χ3n) is 3.91. The first kappa shape index (κ1) is 12.1. The summed E-state index contributed by atoms with van der Waals surface area (Å²) in [6.07, 6.45) is 8.33. The highest BCUT2D eigenvalue weighted by molar-refractivity contribution is 6.34. The fraction of sp³-hybridized carbons (Fsp3) is 0.750. The number of fused-ring (bicyclic) bond motifs is 1. The molecular formula is C12H19N3O2. The van der Waals surface area contributed by atoms with Gasteiger partial charge < -0.3 is 5.73 Å². The molecule has 5 nitrogen and oxygen atoms in total. The molecule has 2 aliphatic carbocycles. The lowest BCUT2D eigenvalue weighted by molar-refractivity contribution is -0.137. The van der Waals surface area contributed by atoms with E-state index < -0.39 is 11.8 Å². The Morgan fingerprint density at radius 2 is 1.88 bits per heavy atom. The van der Waals surface area contributed by atoms with Crippen LogP contribution in [-0.2, 0) is 9.59 Å². The van der Waals surface area contributed by atoms with Crippen molar-refractivity contribution in [3.05, 3.63) is 0 Å². The van der Waals surface area contributed by atoms with E-state index in [0.717, 1.165) is 36.8 Å². The van der Waals surface area contributed by atoms with E-state index >= 15 is 0 Å². The van der Waals surface area contributed by atoms with E-state index in [0.29, 0.717) is 0 Å². The lowest BCUT2D eigenvalue weighted by atomic mass is 9.70. The van der Waals surface area contributed by atoms with Crippen LogP contribution in [0.3, 0.4) is 0 Å². The molecule has 2 atom stereocenters. The summed E-state index contributed by atoms with van der Waals surface area (Å²) in [5.41, 5.74) is 8.06. The van der Waals surface area contributed by atoms with Crippen molar-refractivity contribution in [2.24, 2.45) is 22.7 Å². The van der Waals surface area contributed by atoms with Crippen LogP contribution >= 0.6 is 0 Å². The van der Waals surface area contributed by atoms with Gasteiger partial charge in [-0.25, -0.2) is 5.43 Å². The maximum absolute atomic E-state index is 11.0. The average molecular weight is 237 g/mol. The van der Waals surface area contributed by atoms with Crippen LogP contribution in [0.5, 0.6) is 0 Å². The summed E-state index contributed by atoms with van der Waals surface area (Å²) in [6, 6.07) is 0. The molecule has 0 saturated heterocycles. The van der Waals surface area contributed by atoms with E-state index in [1.165, 1.54) is 25.7 Å². The minimum atomic E-state index is -0.985. The zero-order chi connectivity index (χ0) is 12.3. The lowest BCUT2D eigenvalue weighted by Gasteiger charge is -2.35. The number of hydrogen-bond donors (Lipinski definition) is 2. The second kappa shape index (κ2) is 5.29. The standard InChI is InChI=1S/C12H19N3O2/c13-11(16)12(17)15-14-10-6-5-8-3-1-2-4-9(8)7-10/h8-9H,1-7H2,(H2,13,16)(H,15,17)/b14-10-/t8-,9-/m1/s1. The number of nitrogens with one attached hydrogen (secondary N) is 1. The molecule has 2 amide bonds. The predicted molar refractivity (Wildman–Crippen MR) is 64.1 cm³/mol. The molecule has 0 aliphatic heterocycles. The summed E-state index contributed by atoms with van der Waals surface area (Å²) in [6.45, 7) is 0. The van der Waals surface area contributed by atoms with E-state index in [9.17, 15) is 9.59 Å². The maximum atomic E-state index is 11.0. The van der Waals surface area contributed by atoms with Crippen LogP contribution in [0.15, 0.2) is 5.10 Å². The first-order chi connectivity index (χ1) is 8.16. The Hall–Kier alpha value is -1.39. The van der Waals surface area contributed by atoms with Gasteiger partial charge in [-0.3, -0.25) is 9.59 Å². The summed E-state index contributed by atoms with van der Waals surface area (Å²) < 4.78 is 0. The van der Waals surface area contributed by atoms with Crippen molar-refractivity contribution in [1.29, 1.82) is 0 Å². The van der Waals surface area contributed by atoms with Gasteiger partial charge in [-0.2, -0.15) is 5.10 Å². The van der Waals surface area contributed by atoms with Crippen LogP contribution in [0.25, 0.3) is 0 Å². The largest absolute Gasteiger partial charge is 0.361 e. The van der Waals surface area contributed by atoms with Gasteiger partial charge in [0.1, 0.15) is 0 Å². The molecule has 5 heteroatoms. The van der Waals surface area contributed by atoms with E-state index in [-0.39, 0.29) is 0 Å². The van der Waals surface area contributed by atoms with Crippen LogP contribution in [0, 0.1) is 11.8 Å². The number of carbonyl (C=O) groups excluding carboxylic acids is 2. The van der Waals surface area contributed by atoms with Gasteiger partial charge in [-0.1, -0.05) is 19.3 Å². The van der Waals surface area contributed by atoms with Crippen LogP contribution in [-0.4, -0.2) is 17.5 Å². The van der Waals surface area contributed by atoms with E-state index in [4.69, 9.17) is 5.73 Å². The monoisotopic (exact) mass is 237 g/mol. The third kappa shape index (κ3) is 3.05. The molecule has 0 aromatic rings. The summed E-state index contributed by atoms with van der Waals surface area (Å²) in [5, 5.41) is 4.01. The van der Waals surface area contributed by atoms with Crippen molar-refractivity contribution in [1.82, 2.24) is 5.43 Å². The minimum absolute atomic E-state index is 0.724. The first-order valence-electron chi connectivity index (χ1n) is 6.32. The Bertz CT molecular complexity index is 352. The normalized spacial score (nSPS) is 30.7. The van der Waals surface area contributed by atoms with Crippen molar-refractivity contribution >= 4 is 17.5 Å². The summed E-state index contributed by atoms with van der Waals surface area (Å²) >= 11 is 0. The van der Waals surface area contributed by atoms with Gasteiger partial charge >= 0.3 is 11.8 Å². The quantitative estimate of drug-likeness (QED) is 0.525. The van der Waals surface area contributed by atoms with Gasteiger partial charge in [0.25, 0.3) is 0 Å². The number of amides is 2. The van der Waals surface area contributed by atoms with Gasteiger partial charge in [0.15, 0.2) is 0 Å². The van der Waals surface area contributed by atoms with Crippen LogP contribution in [0.4, 0.5) is 0 Å².